The van der Waals surface area contributed by atoms with Gasteiger partial charge in [0, 0.05) is 31.2 Å². The Bertz CT molecular complexity index is 254. The van der Waals surface area contributed by atoms with Crippen LogP contribution in [0.15, 0.2) is 0 Å². The number of carbonyl (C=O) groups excluding carboxylic acids is 1. The number of ether oxygens (including phenoxy) is 1. The highest BCUT2D eigenvalue weighted by atomic mass is 16.5. The second-order valence-corrected chi connectivity index (χ2v) is 5.43. The zero-order valence-electron chi connectivity index (χ0n) is 10.9. The average molecular weight is 240 g/mol. The molecule has 0 saturated carbocycles. The predicted molar refractivity (Wildman–Crippen MR) is 66.7 cm³/mol. The smallest absolute Gasteiger partial charge is 0.223 e. The maximum absolute atomic E-state index is 12.2. The van der Waals surface area contributed by atoms with Gasteiger partial charge in [0.05, 0.1) is 0 Å². The third kappa shape index (κ3) is 3.19. The van der Waals surface area contributed by atoms with Crippen molar-refractivity contribution >= 4 is 5.91 Å². The van der Waals surface area contributed by atoms with Gasteiger partial charge >= 0.3 is 0 Å². The first-order valence-corrected chi connectivity index (χ1v) is 6.80. The Morgan fingerprint density at radius 3 is 2.59 bits per heavy atom. The largest absolute Gasteiger partial charge is 0.381 e. The van der Waals surface area contributed by atoms with Gasteiger partial charge in [0.1, 0.15) is 0 Å². The van der Waals surface area contributed by atoms with E-state index in [4.69, 9.17) is 4.74 Å². The lowest BCUT2D eigenvalue weighted by Crippen LogP contribution is -2.57. The highest BCUT2D eigenvalue weighted by molar-refractivity contribution is 5.79. The molecule has 2 N–H and O–H groups in total. The molecule has 2 aliphatic rings. The quantitative estimate of drug-likeness (QED) is 0.754. The van der Waals surface area contributed by atoms with Crippen molar-refractivity contribution in [3.8, 4) is 0 Å². The van der Waals surface area contributed by atoms with Gasteiger partial charge in [0.2, 0.25) is 5.91 Å². The SMILES string of the molecule is CC1CCNC(C)C1NC(=O)C1CCOCC1. The Morgan fingerprint density at radius 2 is 1.94 bits per heavy atom. The summed E-state index contributed by atoms with van der Waals surface area (Å²) in [4.78, 5) is 12.2. The van der Waals surface area contributed by atoms with Crippen LogP contribution in [-0.4, -0.2) is 37.7 Å². The molecular weight excluding hydrogens is 216 g/mol. The molecule has 3 unspecified atom stereocenters. The van der Waals surface area contributed by atoms with Crippen molar-refractivity contribution in [2.45, 2.75) is 45.2 Å². The molecule has 2 fully saturated rings. The molecule has 2 aliphatic heterocycles. The highest BCUT2D eigenvalue weighted by Crippen LogP contribution is 2.19. The molecule has 3 atom stereocenters. The van der Waals surface area contributed by atoms with Gasteiger partial charge < -0.3 is 15.4 Å². The molecule has 2 rings (SSSR count). The first-order chi connectivity index (χ1) is 8.18. The summed E-state index contributed by atoms with van der Waals surface area (Å²) in [6.45, 7) is 6.90. The van der Waals surface area contributed by atoms with Crippen LogP contribution in [0.25, 0.3) is 0 Å². The summed E-state index contributed by atoms with van der Waals surface area (Å²) in [6, 6.07) is 0.654. The normalized spacial score (nSPS) is 35.5. The molecule has 4 nitrogen and oxygen atoms in total. The third-order valence-electron chi connectivity index (χ3n) is 4.12. The molecule has 2 heterocycles. The second kappa shape index (κ2) is 5.83. The van der Waals surface area contributed by atoms with Gasteiger partial charge in [-0.2, -0.15) is 0 Å². The highest BCUT2D eigenvalue weighted by Gasteiger charge is 2.31. The minimum atomic E-state index is 0.157. The van der Waals surface area contributed by atoms with Crippen molar-refractivity contribution < 1.29 is 9.53 Å². The first kappa shape index (κ1) is 12.8. The van der Waals surface area contributed by atoms with E-state index in [0.29, 0.717) is 12.0 Å². The molecule has 4 heteroatoms. The summed E-state index contributed by atoms with van der Waals surface area (Å²) in [7, 11) is 0. The van der Waals surface area contributed by atoms with E-state index in [2.05, 4.69) is 24.5 Å². The van der Waals surface area contributed by atoms with Crippen LogP contribution in [0.2, 0.25) is 0 Å². The van der Waals surface area contributed by atoms with Gasteiger partial charge in [-0.1, -0.05) is 6.92 Å². The minimum Gasteiger partial charge on any atom is -0.381 e. The van der Waals surface area contributed by atoms with Crippen molar-refractivity contribution in [2.24, 2.45) is 11.8 Å². The molecule has 0 aliphatic carbocycles. The fourth-order valence-electron chi connectivity index (χ4n) is 2.85. The lowest BCUT2D eigenvalue weighted by Gasteiger charge is -2.37. The number of hydrogen-bond acceptors (Lipinski definition) is 3. The van der Waals surface area contributed by atoms with E-state index in [9.17, 15) is 4.79 Å². The van der Waals surface area contributed by atoms with Crippen molar-refractivity contribution in [1.82, 2.24) is 10.6 Å². The molecule has 2 saturated heterocycles. The van der Waals surface area contributed by atoms with E-state index in [1.807, 2.05) is 0 Å². The summed E-state index contributed by atoms with van der Waals surface area (Å²) >= 11 is 0. The summed E-state index contributed by atoms with van der Waals surface area (Å²) in [5.41, 5.74) is 0. The molecule has 0 radical (unpaired) electrons. The summed E-state index contributed by atoms with van der Waals surface area (Å²) in [6.07, 6.45) is 2.88. The summed E-state index contributed by atoms with van der Waals surface area (Å²) < 4.78 is 5.29. The van der Waals surface area contributed by atoms with E-state index in [1.54, 1.807) is 0 Å². The number of piperidine rings is 1. The average Bonchev–Trinajstić information content (AvgIpc) is 2.35. The molecule has 0 bridgehead atoms. The van der Waals surface area contributed by atoms with Gasteiger partial charge in [-0.05, 0) is 38.6 Å². The van der Waals surface area contributed by atoms with Crippen molar-refractivity contribution in [2.75, 3.05) is 19.8 Å². The van der Waals surface area contributed by atoms with Crippen LogP contribution in [0.4, 0.5) is 0 Å². The molecule has 98 valence electrons. The fourth-order valence-corrected chi connectivity index (χ4v) is 2.85. The zero-order valence-corrected chi connectivity index (χ0v) is 10.9. The van der Waals surface area contributed by atoms with Crippen LogP contribution < -0.4 is 10.6 Å². The van der Waals surface area contributed by atoms with Gasteiger partial charge in [-0.15, -0.1) is 0 Å². The number of rotatable bonds is 2. The third-order valence-corrected chi connectivity index (χ3v) is 4.12. The Labute approximate surface area is 103 Å². The van der Waals surface area contributed by atoms with Gasteiger partial charge in [-0.25, -0.2) is 0 Å². The maximum atomic E-state index is 12.2. The number of hydrogen-bond donors (Lipinski definition) is 2. The van der Waals surface area contributed by atoms with E-state index in [-0.39, 0.29) is 17.9 Å². The topological polar surface area (TPSA) is 50.4 Å². The summed E-state index contributed by atoms with van der Waals surface area (Å²) in [5.74, 6) is 0.945. The lowest BCUT2D eigenvalue weighted by molar-refractivity contribution is -0.129. The first-order valence-electron chi connectivity index (χ1n) is 6.80. The predicted octanol–water partition coefficient (Wildman–Crippen LogP) is 0.916. The number of amides is 1. The van der Waals surface area contributed by atoms with Gasteiger partial charge in [-0.3, -0.25) is 4.79 Å². The standard InChI is InChI=1S/C13H24N2O2/c1-9-3-6-14-10(2)12(9)15-13(16)11-4-7-17-8-5-11/h9-12,14H,3-8H2,1-2H3,(H,15,16). The van der Waals surface area contributed by atoms with E-state index >= 15 is 0 Å². The Morgan fingerprint density at radius 1 is 1.24 bits per heavy atom. The Balaban J connectivity index is 1.87. The minimum absolute atomic E-state index is 0.157. The monoisotopic (exact) mass is 240 g/mol. The molecule has 0 spiro atoms. The second-order valence-electron chi connectivity index (χ2n) is 5.43. The Kier molecular flexibility index (Phi) is 4.40. The van der Waals surface area contributed by atoms with Crippen LogP contribution >= 0.6 is 0 Å². The van der Waals surface area contributed by atoms with E-state index in [1.165, 1.54) is 0 Å². The molecule has 17 heavy (non-hydrogen) atoms. The van der Waals surface area contributed by atoms with Crippen LogP contribution in [-0.2, 0) is 9.53 Å². The van der Waals surface area contributed by atoms with Crippen molar-refractivity contribution in [1.29, 1.82) is 0 Å². The summed E-state index contributed by atoms with van der Waals surface area (Å²) in [5, 5.41) is 6.66. The molecule has 0 aromatic carbocycles. The van der Waals surface area contributed by atoms with Crippen molar-refractivity contribution in [3.05, 3.63) is 0 Å². The number of carbonyl (C=O) groups is 1. The lowest BCUT2D eigenvalue weighted by atomic mass is 9.88. The van der Waals surface area contributed by atoms with Gasteiger partial charge in [0.25, 0.3) is 0 Å². The molecular formula is C13H24N2O2. The molecule has 1 amide bonds. The zero-order chi connectivity index (χ0) is 12.3. The van der Waals surface area contributed by atoms with Gasteiger partial charge in [0.15, 0.2) is 0 Å². The van der Waals surface area contributed by atoms with E-state index in [0.717, 1.165) is 39.0 Å². The molecule has 0 aromatic heterocycles. The maximum Gasteiger partial charge on any atom is 0.223 e. The van der Waals surface area contributed by atoms with Crippen LogP contribution in [0.1, 0.15) is 33.1 Å². The van der Waals surface area contributed by atoms with E-state index < -0.39 is 0 Å². The van der Waals surface area contributed by atoms with Crippen molar-refractivity contribution in [3.63, 3.8) is 0 Å². The van der Waals surface area contributed by atoms with Crippen LogP contribution in [0.5, 0.6) is 0 Å². The number of nitrogens with one attached hydrogen (secondary N) is 2. The Hall–Kier alpha value is -0.610. The molecule has 0 aromatic rings. The van der Waals surface area contributed by atoms with Crippen LogP contribution in [0.3, 0.4) is 0 Å². The fraction of sp³-hybridized carbons (Fsp3) is 0.923. The van der Waals surface area contributed by atoms with Crippen LogP contribution in [0, 0.1) is 11.8 Å².